The van der Waals surface area contributed by atoms with Gasteiger partial charge in [-0.05, 0) is 35.0 Å². The normalized spacial score (nSPS) is 14.0. The second-order valence-electron chi connectivity index (χ2n) is 6.88. The lowest BCUT2D eigenvalue weighted by Crippen LogP contribution is -2.29. The van der Waals surface area contributed by atoms with Gasteiger partial charge in [0.25, 0.3) is 5.91 Å². The van der Waals surface area contributed by atoms with E-state index in [4.69, 9.17) is 23.2 Å². The molecule has 3 amide bonds. The molecule has 1 N–H and O–H groups in total. The number of nitrogens with one attached hydrogen (secondary N) is 1. The molecule has 1 aliphatic heterocycles. The predicted octanol–water partition coefficient (Wildman–Crippen LogP) is 5.13. The Morgan fingerprint density at radius 3 is 2.70 bits per heavy atom. The van der Waals surface area contributed by atoms with Crippen LogP contribution in [0.4, 0.5) is 16.2 Å². The van der Waals surface area contributed by atoms with Crippen LogP contribution in [0.2, 0.25) is 10.2 Å². The van der Waals surface area contributed by atoms with Gasteiger partial charge in [0.05, 0.1) is 32.0 Å². The summed E-state index contributed by atoms with van der Waals surface area (Å²) in [4.78, 5) is 37.4. The van der Waals surface area contributed by atoms with E-state index in [1.54, 1.807) is 48.2 Å². The van der Waals surface area contributed by atoms with Crippen LogP contribution in [-0.2, 0) is 0 Å². The summed E-state index contributed by atoms with van der Waals surface area (Å²) in [5.74, 6) is -0.492. The van der Waals surface area contributed by atoms with Crippen molar-refractivity contribution in [2.24, 2.45) is 0 Å². The van der Waals surface area contributed by atoms with Gasteiger partial charge in [-0.1, -0.05) is 35.3 Å². The number of anilines is 2. The standard InChI is InChI=1S/C20H16BrCl2N5O2/c1-10-8-13(22)15(18(23)25-10)19(29)26-14-5-3-4-11-16(14)24-9-12(21)17(11)28-7-6-27(2)20(28)30/h3-5,8-9H,6-7H2,1-2H3,(H,26,29). The minimum atomic E-state index is -0.492. The third kappa shape index (κ3) is 3.59. The highest BCUT2D eigenvalue weighted by molar-refractivity contribution is 9.10. The largest absolute Gasteiger partial charge is 0.326 e. The first-order valence-corrected chi connectivity index (χ1v) is 10.6. The fraction of sp³-hybridized carbons (Fsp3) is 0.200. The average Bonchev–Trinajstić information content (AvgIpc) is 2.99. The molecule has 0 unspecified atom stereocenters. The maximum Gasteiger partial charge on any atom is 0.324 e. The molecule has 3 heterocycles. The lowest BCUT2D eigenvalue weighted by molar-refractivity contribution is 0.102. The number of hydrogen-bond acceptors (Lipinski definition) is 4. The van der Waals surface area contributed by atoms with Gasteiger partial charge in [-0.2, -0.15) is 0 Å². The van der Waals surface area contributed by atoms with E-state index in [9.17, 15) is 9.59 Å². The molecule has 0 saturated carbocycles. The van der Waals surface area contributed by atoms with E-state index >= 15 is 0 Å². The van der Waals surface area contributed by atoms with Gasteiger partial charge in [0.1, 0.15) is 5.15 Å². The van der Waals surface area contributed by atoms with Crippen molar-refractivity contribution in [1.29, 1.82) is 0 Å². The molecule has 0 aliphatic carbocycles. The summed E-state index contributed by atoms with van der Waals surface area (Å²) in [6, 6.07) is 6.86. The number of urea groups is 1. The number of aryl methyl sites for hydroxylation is 1. The molecule has 0 bridgehead atoms. The lowest BCUT2D eigenvalue weighted by Gasteiger charge is -2.20. The summed E-state index contributed by atoms with van der Waals surface area (Å²) < 4.78 is 0.691. The Labute approximate surface area is 191 Å². The average molecular weight is 509 g/mol. The number of carbonyl (C=O) groups excluding carboxylic acids is 2. The number of fused-ring (bicyclic) bond motifs is 1. The van der Waals surface area contributed by atoms with Crippen molar-refractivity contribution in [3.63, 3.8) is 0 Å². The number of pyridine rings is 2. The summed E-state index contributed by atoms with van der Waals surface area (Å²) in [5.41, 5.74) is 2.42. The Bertz CT molecular complexity index is 1180. The van der Waals surface area contributed by atoms with Crippen molar-refractivity contribution in [2.75, 3.05) is 30.4 Å². The zero-order valence-corrected chi connectivity index (χ0v) is 19.1. The summed E-state index contributed by atoms with van der Waals surface area (Å²) >= 11 is 15.9. The molecule has 154 valence electrons. The van der Waals surface area contributed by atoms with Gasteiger partial charge in [0.2, 0.25) is 0 Å². The van der Waals surface area contributed by atoms with Crippen molar-refractivity contribution in [1.82, 2.24) is 14.9 Å². The van der Waals surface area contributed by atoms with Gasteiger partial charge < -0.3 is 10.2 Å². The first-order valence-electron chi connectivity index (χ1n) is 9.01. The Hall–Kier alpha value is -2.42. The second-order valence-corrected chi connectivity index (χ2v) is 8.50. The molecule has 2 aromatic heterocycles. The molecule has 0 spiro atoms. The minimum absolute atomic E-state index is 0.0276. The molecule has 1 saturated heterocycles. The zero-order chi connectivity index (χ0) is 21.6. The molecular weight excluding hydrogens is 493 g/mol. The first kappa shape index (κ1) is 20.8. The Morgan fingerprint density at radius 1 is 1.27 bits per heavy atom. The molecule has 7 nitrogen and oxygen atoms in total. The number of para-hydroxylation sites is 1. The highest BCUT2D eigenvalue weighted by Crippen LogP contribution is 2.37. The van der Waals surface area contributed by atoms with Gasteiger partial charge in [0.15, 0.2) is 0 Å². The molecule has 1 aromatic carbocycles. The smallest absolute Gasteiger partial charge is 0.324 e. The summed E-state index contributed by atoms with van der Waals surface area (Å²) in [5, 5.41) is 3.79. The molecule has 0 radical (unpaired) electrons. The van der Waals surface area contributed by atoms with E-state index in [1.165, 1.54) is 0 Å². The van der Waals surface area contributed by atoms with Crippen LogP contribution in [0.3, 0.4) is 0 Å². The minimum Gasteiger partial charge on any atom is -0.326 e. The van der Waals surface area contributed by atoms with Crippen LogP contribution in [0.25, 0.3) is 10.9 Å². The fourth-order valence-electron chi connectivity index (χ4n) is 3.40. The fourth-order valence-corrected chi connectivity index (χ4v) is 4.63. The van der Waals surface area contributed by atoms with Gasteiger partial charge >= 0.3 is 6.03 Å². The molecule has 1 aliphatic rings. The SMILES string of the molecule is Cc1cc(Cl)c(C(=O)Nc2cccc3c(N4CCN(C)C4=O)c(Br)cnc23)c(Cl)n1. The Kier molecular flexibility index (Phi) is 5.57. The topological polar surface area (TPSA) is 78.4 Å². The molecular formula is C20H16BrCl2N5O2. The zero-order valence-electron chi connectivity index (χ0n) is 16.0. The first-order chi connectivity index (χ1) is 14.3. The van der Waals surface area contributed by atoms with Crippen molar-refractivity contribution in [3.05, 3.63) is 56.4 Å². The van der Waals surface area contributed by atoms with E-state index in [2.05, 4.69) is 31.2 Å². The van der Waals surface area contributed by atoms with Crippen LogP contribution in [-0.4, -0.2) is 46.9 Å². The van der Waals surface area contributed by atoms with Crippen LogP contribution in [0, 0.1) is 6.92 Å². The van der Waals surface area contributed by atoms with Gasteiger partial charge in [0, 0.05) is 37.4 Å². The van der Waals surface area contributed by atoms with Crippen molar-refractivity contribution < 1.29 is 9.59 Å². The van der Waals surface area contributed by atoms with Crippen molar-refractivity contribution in [2.45, 2.75) is 6.92 Å². The lowest BCUT2D eigenvalue weighted by atomic mass is 10.1. The van der Waals surface area contributed by atoms with E-state index < -0.39 is 5.91 Å². The number of halogens is 3. The number of rotatable bonds is 3. The third-order valence-electron chi connectivity index (χ3n) is 4.84. The number of amides is 3. The highest BCUT2D eigenvalue weighted by Gasteiger charge is 2.30. The summed E-state index contributed by atoms with van der Waals surface area (Å²) in [6.07, 6.45) is 1.62. The van der Waals surface area contributed by atoms with Crippen LogP contribution < -0.4 is 10.2 Å². The van der Waals surface area contributed by atoms with E-state index in [0.29, 0.717) is 40.1 Å². The molecule has 3 aromatic rings. The number of nitrogens with zero attached hydrogens (tertiary/aromatic N) is 4. The number of carbonyl (C=O) groups is 2. The monoisotopic (exact) mass is 507 g/mol. The van der Waals surface area contributed by atoms with Crippen molar-refractivity contribution >= 4 is 73.3 Å². The number of benzene rings is 1. The van der Waals surface area contributed by atoms with Gasteiger partial charge in [-0.3, -0.25) is 14.7 Å². The maximum atomic E-state index is 12.9. The van der Waals surface area contributed by atoms with Crippen LogP contribution >= 0.6 is 39.1 Å². The van der Waals surface area contributed by atoms with Gasteiger partial charge in [-0.25, -0.2) is 9.78 Å². The maximum absolute atomic E-state index is 12.9. The summed E-state index contributed by atoms with van der Waals surface area (Å²) in [6.45, 7) is 2.93. The van der Waals surface area contributed by atoms with Crippen molar-refractivity contribution in [3.8, 4) is 0 Å². The van der Waals surface area contributed by atoms with Crippen LogP contribution in [0.1, 0.15) is 16.1 Å². The molecule has 1 fully saturated rings. The Morgan fingerprint density at radius 2 is 2.03 bits per heavy atom. The molecule has 0 atom stereocenters. The molecule has 30 heavy (non-hydrogen) atoms. The van der Waals surface area contributed by atoms with Crippen LogP contribution in [0.5, 0.6) is 0 Å². The predicted molar refractivity (Wildman–Crippen MR) is 122 cm³/mol. The molecule has 10 heteroatoms. The van der Waals surface area contributed by atoms with E-state index in [1.807, 2.05) is 6.07 Å². The number of likely N-dealkylation sites (N-methyl/N-ethyl adjacent to an activating group) is 1. The van der Waals surface area contributed by atoms with Gasteiger partial charge in [-0.15, -0.1) is 0 Å². The highest BCUT2D eigenvalue weighted by atomic mass is 79.9. The number of aromatic nitrogens is 2. The van der Waals surface area contributed by atoms with E-state index in [-0.39, 0.29) is 21.8 Å². The molecule has 4 rings (SSSR count). The second kappa shape index (κ2) is 8.02. The van der Waals surface area contributed by atoms with E-state index in [0.717, 1.165) is 5.39 Å². The summed E-state index contributed by atoms with van der Waals surface area (Å²) in [7, 11) is 1.76. The quantitative estimate of drug-likeness (QED) is 0.497. The Balaban J connectivity index is 1.78. The third-order valence-corrected chi connectivity index (χ3v) is 5.99. The van der Waals surface area contributed by atoms with Crippen LogP contribution in [0.15, 0.2) is 34.9 Å². The number of hydrogen-bond donors (Lipinski definition) is 1.